The standard InChI is InChI=1S/C9H11ClFNO2/c1-4(12)5-3-6(10)9(14-2)7(11)8(5)13/h3-4,13H,12H2,1-2H3. The summed E-state index contributed by atoms with van der Waals surface area (Å²) in [7, 11) is 1.27. The van der Waals surface area contributed by atoms with Crippen LogP contribution in [0.5, 0.6) is 11.5 Å². The summed E-state index contributed by atoms with van der Waals surface area (Å²) in [6.07, 6.45) is 0. The Morgan fingerprint density at radius 3 is 2.64 bits per heavy atom. The Labute approximate surface area is 86.2 Å². The number of methoxy groups -OCH3 is 1. The van der Waals surface area contributed by atoms with E-state index >= 15 is 0 Å². The number of hydrogen-bond acceptors (Lipinski definition) is 3. The summed E-state index contributed by atoms with van der Waals surface area (Å²) in [6.45, 7) is 1.62. The Kier molecular flexibility index (Phi) is 3.18. The summed E-state index contributed by atoms with van der Waals surface area (Å²) in [4.78, 5) is 0. The molecular formula is C9H11ClFNO2. The lowest BCUT2D eigenvalue weighted by Gasteiger charge is -2.12. The summed E-state index contributed by atoms with van der Waals surface area (Å²) in [5, 5.41) is 9.50. The second-order valence-electron chi connectivity index (χ2n) is 2.93. The number of phenols is 1. The first-order chi connectivity index (χ1) is 6.49. The van der Waals surface area contributed by atoms with Gasteiger partial charge in [-0.15, -0.1) is 0 Å². The first-order valence-corrected chi connectivity index (χ1v) is 4.37. The summed E-state index contributed by atoms with van der Waals surface area (Å²) in [5.74, 6) is -1.57. The number of ether oxygens (including phenoxy) is 1. The maximum absolute atomic E-state index is 13.4. The van der Waals surface area contributed by atoms with E-state index in [-0.39, 0.29) is 16.3 Å². The third kappa shape index (κ3) is 1.76. The molecular weight excluding hydrogens is 209 g/mol. The fraction of sp³-hybridized carbons (Fsp3) is 0.333. The van der Waals surface area contributed by atoms with Crippen LogP contribution in [0.4, 0.5) is 4.39 Å². The van der Waals surface area contributed by atoms with Crippen molar-refractivity contribution in [1.82, 2.24) is 0 Å². The van der Waals surface area contributed by atoms with Gasteiger partial charge in [0.05, 0.1) is 12.1 Å². The lowest BCUT2D eigenvalue weighted by Crippen LogP contribution is -2.06. The number of nitrogens with two attached hydrogens (primary N) is 1. The van der Waals surface area contributed by atoms with Gasteiger partial charge >= 0.3 is 0 Å². The van der Waals surface area contributed by atoms with Crippen molar-refractivity contribution in [2.75, 3.05) is 7.11 Å². The van der Waals surface area contributed by atoms with Crippen LogP contribution < -0.4 is 10.5 Å². The Morgan fingerprint density at radius 2 is 2.21 bits per heavy atom. The molecule has 3 nitrogen and oxygen atoms in total. The van der Waals surface area contributed by atoms with Crippen LogP contribution in [0.3, 0.4) is 0 Å². The van der Waals surface area contributed by atoms with Crippen molar-refractivity contribution in [3.8, 4) is 11.5 Å². The lowest BCUT2D eigenvalue weighted by atomic mass is 10.1. The first-order valence-electron chi connectivity index (χ1n) is 3.99. The van der Waals surface area contributed by atoms with E-state index < -0.39 is 17.6 Å². The monoisotopic (exact) mass is 219 g/mol. The van der Waals surface area contributed by atoms with Crippen LogP contribution in [0.2, 0.25) is 5.02 Å². The maximum Gasteiger partial charge on any atom is 0.208 e. The highest BCUT2D eigenvalue weighted by Crippen LogP contribution is 2.38. The van der Waals surface area contributed by atoms with Crippen LogP contribution >= 0.6 is 11.6 Å². The molecule has 78 valence electrons. The normalized spacial score (nSPS) is 12.6. The van der Waals surface area contributed by atoms with E-state index in [0.717, 1.165) is 0 Å². The molecule has 0 aromatic heterocycles. The van der Waals surface area contributed by atoms with Crippen LogP contribution in [-0.2, 0) is 0 Å². The fourth-order valence-corrected chi connectivity index (χ4v) is 1.42. The third-order valence-electron chi connectivity index (χ3n) is 1.87. The molecule has 0 heterocycles. The maximum atomic E-state index is 13.4. The van der Waals surface area contributed by atoms with Gasteiger partial charge in [-0.3, -0.25) is 0 Å². The van der Waals surface area contributed by atoms with Gasteiger partial charge in [-0.05, 0) is 13.0 Å². The topological polar surface area (TPSA) is 55.5 Å². The molecule has 1 aromatic carbocycles. The molecule has 0 aliphatic carbocycles. The molecule has 1 atom stereocenters. The van der Waals surface area contributed by atoms with E-state index in [1.807, 2.05) is 0 Å². The highest BCUT2D eigenvalue weighted by Gasteiger charge is 2.19. The van der Waals surface area contributed by atoms with E-state index in [4.69, 9.17) is 17.3 Å². The van der Waals surface area contributed by atoms with Crippen molar-refractivity contribution >= 4 is 11.6 Å². The van der Waals surface area contributed by atoms with E-state index in [9.17, 15) is 9.50 Å². The molecule has 5 heteroatoms. The van der Waals surface area contributed by atoms with Gasteiger partial charge in [-0.2, -0.15) is 4.39 Å². The predicted molar refractivity (Wildman–Crippen MR) is 52.2 cm³/mol. The molecule has 0 spiro atoms. The Hall–Kier alpha value is -1.00. The van der Waals surface area contributed by atoms with E-state index in [2.05, 4.69) is 4.74 Å². The quantitative estimate of drug-likeness (QED) is 0.802. The molecule has 1 rings (SSSR count). The third-order valence-corrected chi connectivity index (χ3v) is 2.16. The van der Waals surface area contributed by atoms with E-state index in [1.165, 1.54) is 13.2 Å². The number of aromatic hydroxyl groups is 1. The van der Waals surface area contributed by atoms with Gasteiger partial charge in [0.2, 0.25) is 5.82 Å². The zero-order valence-electron chi connectivity index (χ0n) is 7.84. The van der Waals surface area contributed by atoms with Crippen LogP contribution in [0.15, 0.2) is 6.07 Å². The molecule has 14 heavy (non-hydrogen) atoms. The lowest BCUT2D eigenvalue weighted by molar-refractivity contribution is 0.361. The van der Waals surface area contributed by atoms with E-state index in [1.54, 1.807) is 6.92 Å². The fourth-order valence-electron chi connectivity index (χ4n) is 1.14. The van der Waals surface area contributed by atoms with Crippen molar-refractivity contribution in [3.05, 3.63) is 22.5 Å². The molecule has 0 bridgehead atoms. The Morgan fingerprint density at radius 1 is 1.64 bits per heavy atom. The minimum Gasteiger partial charge on any atom is -0.504 e. The smallest absolute Gasteiger partial charge is 0.208 e. The molecule has 0 aliphatic rings. The average Bonchev–Trinajstić information content (AvgIpc) is 2.12. The summed E-state index contributed by atoms with van der Waals surface area (Å²) in [6, 6.07) is 0.900. The highest BCUT2D eigenvalue weighted by atomic mass is 35.5. The summed E-state index contributed by atoms with van der Waals surface area (Å²) < 4.78 is 18.1. The molecule has 0 saturated heterocycles. The van der Waals surface area contributed by atoms with Crippen LogP contribution in [-0.4, -0.2) is 12.2 Å². The second kappa shape index (κ2) is 4.02. The van der Waals surface area contributed by atoms with Gasteiger partial charge in [0, 0.05) is 11.6 Å². The highest BCUT2D eigenvalue weighted by molar-refractivity contribution is 6.32. The number of phenolic OH excluding ortho intramolecular Hbond substituents is 1. The molecule has 1 aromatic rings. The average molecular weight is 220 g/mol. The van der Waals surface area contributed by atoms with Gasteiger partial charge in [0.15, 0.2) is 11.5 Å². The second-order valence-corrected chi connectivity index (χ2v) is 3.34. The number of hydrogen-bond donors (Lipinski definition) is 2. The minimum atomic E-state index is -0.882. The minimum absolute atomic E-state index is 0.0927. The SMILES string of the molecule is COc1c(Cl)cc(C(C)N)c(O)c1F. The van der Waals surface area contributed by atoms with Crippen LogP contribution in [0.25, 0.3) is 0 Å². The molecule has 0 amide bonds. The van der Waals surface area contributed by atoms with Gasteiger partial charge in [0.25, 0.3) is 0 Å². The number of rotatable bonds is 2. The zero-order chi connectivity index (χ0) is 10.9. The number of halogens is 2. The van der Waals surface area contributed by atoms with Gasteiger partial charge in [-0.1, -0.05) is 11.6 Å². The molecule has 0 aliphatic heterocycles. The number of benzene rings is 1. The molecule has 1 unspecified atom stereocenters. The van der Waals surface area contributed by atoms with Gasteiger partial charge < -0.3 is 15.6 Å². The van der Waals surface area contributed by atoms with Crippen molar-refractivity contribution in [3.63, 3.8) is 0 Å². The predicted octanol–water partition coefficient (Wildman–Crippen LogP) is 2.21. The Bertz CT molecular complexity index is 355. The van der Waals surface area contributed by atoms with Crippen molar-refractivity contribution in [1.29, 1.82) is 0 Å². The molecule has 0 radical (unpaired) electrons. The van der Waals surface area contributed by atoms with Crippen molar-refractivity contribution < 1.29 is 14.2 Å². The summed E-state index contributed by atoms with van der Waals surface area (Å²) in [5.41, 5.74) is 5.78. The van der Waals surface area contributed by atoms with Gasteiger partial charge in [0.1, 0.15) is 0 Å². The first kappa shape index (κ1) is 11.1. The van der Waals surface area contributed by atoms with E-state index in [0.29, 0.717) is 0 Å². The Balaban J connectivity index is 3.40. The van der Waals surface area contributed by atoms with Crippen molar-refractivity contribution in [2.24, 2.45) is 5.73 Å². The largest absolute Gasteiger partial charge is 0.504 e. The van der Waals surface area contributed by atoms with Crippen LogP contribution in [0, 0.1) is 5.82 Å². The van der Waals surface area contributed by atoms with Crippen molar-refractivity contribution in [2.45, 2.75) is 13.0 Å². The van der Waals surface area contributed by atoms with Crippen LogP contribution in [0.1, 0.15) is 18.5 Å². The molecule has 3 N–H and O–H groups in total. The summed E-state index contributed by atoms with van der Waals surface area (Å²) >= 11 is 5.72. The molecule has 0 fully saturated rings. The molecule has 0 saturated carbocycles. The zero-order valence-corrected chi connectivity index (χ0v) is 8.60. The van der Waals surface area contributed by atoms with Gasteiger partial charge in [-0.25, -0.2) is 0 Å².